The molecule has 0 aliphatic heterocycles. The van der Waals surface area contributed by atoms with Crippen molar-refractivity contribution < 1.29 is 9.59 Å². The summed E-state index contributed by atoms with van der Waals surface area (Å²) in [6, 6.07) is -0.520. The molecule has 1 heterocycles. The first-order valence-electron chi connectivity index (χ1n) is 8.43. The molecule has 2 rings (SSSR count). The fourth-order valence-electron chi connectivity index (χ4n) is 2.88. The van der Waals surface area contributed by atoms with Crippen LogP contribution in [0.5, 0.6) is 0 Å². The Hall–Kier alpha value is -1.43. The van der Waals surface area contributed by atoms with Crippen molar-refractivity contribution in [3.05, 3.63) is 10.6 Å². The van der Waals surface area contributed by atoms with Crippen LogP contribution in [0.4, 0.5) is 5.13 Å². The largest absolute Gasteiger partial charge is 0.344 e. The van der Waals surface area contributed by atoms with E-state index in [0.717, 1.165) is 36.3 Å². The van der Waals surface area contributed by atoms with E-state index < -0.39 is 6.04 Å². The van der Waals surface area contributed by atoms with Crippen molar-refractivity contribution in [2.24, 2.45) is 11.8 Å². The van der Waals surface area contributed by atoms with Gasteiger partial charge in [-0.2, -0.15) is 0 Å². The molecule has 1 unspecified atom stereocenters. The van der Waals surface area contributed by atoms with Crippen LogP contribution in [0.25, 0.3) is 0 Å². The molecule has 2 N–H and O–H groups in total. The van der Waals surface area contributed by atoms with Gasteiger partial charge >= 0.3 is 0 Å². The molecular weight excluding hydrogens is 310 g/mol. The van der Waals surface area contributed by atoms with E-state index in [1.165, 1.54) is 17.8 Å². The summed E-state index contributed by atoms with van der Waals surface area (Å²) in [7, 11) is 0. The minimum absolute atomic E-state index is 0.0186. The van der Waals surface area contributed by atoms with Crippen LogP contribution in [-0.4, -0.2) is 22.8 Å². The van der Waals surface area contributed by atoms with Crippen LogP contribution in [0.1, 0.15) is 56.5 Å². The number of carbonyl (C=O) groups excluding carboxylic acids is 2. The predicted molar refractivity (Wildman–Crippen MR) is 93.6 cm³/mol. The normalized spacial score (nSPS) is 17.1. The van der Waals surface area contributed by atoms with Crippen LogP contribution >= 0.6 is 11.3 Å². The van der Waals surface area contributed by atoms with Crippen LogP contribution in [0, 0.1) is 25.7 Å². The summed E-state index contributed by atoms with van der Waals surface area (Å²) in [5.74, 6) is -0.0743. The first-order chi connectivity index (χ1) is 10.9. The Balaban J connectivity index is 1.99. The highest BCUT2D eigenvalue weighted by Gasteiger charge is 2.29. The van der Waals surface area contributed by atoms with Gasteiger partial charge < -0.3 is 10.6 Å². The Morgan fingerprint density at radius 3 is 2.35 bits per heavy atom. The molecule has 0 bridgehead atoms. The topological polar surface area (TPSA) is 71.1 Å². The standard InChI is InChI=1S/C17H27N3O2S/c1-10(2)14(19-15(21)13-8-6-5-7-9-13)16(22)20-17-18-11(3)12(4)23-17/h10,13-14H,5-9H2,1-4H3,(H,19,21)(H,18,20,22). The summed E-state index contributed by atoms with van der Waals surface area (Å²) in [5.41, 5.74) is 0.928. The molecule has 1 fully saturated rings. The van der Waals surface area contributed by atoms with E-state index in [2.05, 4.69) is 15.6 Å². The zero-order valence-electron chi connectivity index (χ0n) is 14.4. The number of hydrogen-bond donors (Lipinski definition) is 2. The third-order valence-corrected chi connectivity index (χ3v) is 5.47. The second-order valence-corrected chi connectivity index (χ2v) is 7.92. The van der Waals surface area contributed by atoms with E-state index in [1.54, 1.807) is 0 Å². The number of amides is 2. The summed E-state index contributed by atoms with van der Waals surface area (Å²) in [4.78, 5) is 30.4. The van der Waals surface area contributed by atoms with Gasteiger partial charge in [-0.25, -0.2) is 4.98 Å². The molecule has 0 spiro atoms. The van der Waals surface area contributed by atoms with Gasteiger partial charge in [0.15, 0.2) is 5.13 Å². The number of aryl methyl sites for hydroxylation is 2. The van der Waals surface area contributed by atoms with Gasteiger partial charge in [-0.1, -0.05) is 33.1 Å². The summed E-state index contributed by atoms with van der Waals surface area (Å²) in [6.07, 6.45) is 5.29. The molecule has 0 aromatic carbocycles. The number of thiazole rings is 1. The third kappa shape index (κ3) is 4.77. The van der Waals surface area contributed by atoms with Gasteiger partial charge in [-0.3, -0.25) is 9.59 Å². The number of rotatable bonds is 5. The van der Waals surface area contributed by atoms with Crippen molar-refractivity contribution in [1.29, 1.82) is 0 Å². The van der Waals surface area contributed by atoms with Gasteiger partial charge in [0.2, 0.25) is 11.8 Å². The number of carbonyl (C=O) groups is 2. The van der Waals surface area contributed by atoms with Crippen molar-refractivity contribution in [3.63, 3.8) is 0 Å². The molecule has 1 aromatic heterocycles. The lowest BCUT2D eigenvalue weighted by Gasteiger charge is -2.26. The molecule has 128 valence electrons. The molecule has 6 heteroatoms. The van der Waals surface area contributed by atoms with Crippen LogP contribution in [-0.2, 0) is 9.59 Å². The lowest BCUT2D eigenvalue weighted by molar-refractivity contribution is -0.130. The van der Waals surface area contributed by atoms with Crippen molar-refractivity contribution in [2.45, 2.75) is 65.8 Å². The maximum absolute atomic E-state index is 12.5. The Labute approximate surface area is 142 Å². The summed E-state index contributed by atoms with van der Waals surface area (Å²) < 4.78 is 0. The second kappa shape index (κ2) is 7.90. The monoisotopic (exact) mass is 337 g/mol. The lowest BCUT2D eigenvalue weighted by atomic mass is 9.88. The third-order valence-electron chi connectivity index (χ3n) is 4.48. The molecule has 23 heavy (non-hydrogen) atoms. The zero-order valence-corrected chi connectivity index (χ0v) is 15.3. The van der Waals surface area contributed by atoms with Crippen molar-refractivity contribution in [2.75, 3.05) is 5.32 Å². The summed E-state index contributed by atoms with van der Waals surface area (Å²) in [5, 5.41) is 6.40. The van der Waals surface area contributed by atoms with Crippen molar-refractivity contribution in [1.82, 2.24) is 10.3 Å². The van der Waals surface area contributed by atoms with Crippen molar-refractivity contribution in [3.8, 4) is 0 Å². The molecule has 2 amide bonds. The predicted octanol–water partition coefficient (Wildman–Crippen LogP) is 3.42. The van der Waals surface area contributed by atoms with Gasteiger partial charge in [-0.15, -0.1) is 11.3 Å². The SMILES string of the molecule is Cc1nc(NC(=O)C(NC(=O)C2CCCCC2)C(C)C)sc1C. The fourth-order valence-corrected chi connectivity index (χ4v) is 3.70. The van der Waals surface area contributed by atoms with Gasteiger partial charge in [-0.05, 0) is 32.6 Å². The highest BCUT2D eigenvalue weighted by molar-refractivity contribution is 7.15. The minimum Gasteiger partial charge on any atom is -0.344 e. The maximum Gasteiger partial charge on any atom is 0.248 e. The second-order valence-electron chi connectivity index (χ2n) is 6.72. The van der Waals surface area contributed by atoms with Gasteiger partial charge in [0.1, 0.15) is 6.04 Å². The van der Waals surface area contributed by atoms with E-state index in [0.29, 0.717) is 5.13 Å². The number of aromatic nitrogens is 1. The lowest BCUT2D eigenvalue weighted by Crippen LogP contribution is -2.49. The molecule has 1 aliphatic carbocycles. The Morgan fingerprint density at radius 1 is 1.17 bits per heavy atom. The van der Waals surface area contributed by atoms with Crippen LogP contribution in [0.15, 0.2) is 0 Å². The van der Waals surface area contributed by atoms with Crippen molar-refractivity contribution >= 4 is 28.3 Å². The van der Waals surface area contributed by atoms with E-state index in [1.807, 2.05) is 27.7 Å². The maximum atomic E-state index is 12.5. The summed E-state index contributed by atoms with van der Waals surface area (Å²) in [6.45, 7) is 7.80. The number of nitrogens with one attached hydrogen (secondary N) is 2. The van der Waals surface area contributed by atoms with Gasteiger partial charge in [0.05, 0.1) is 5.69 Å². The Kier molecular flexibility index (Phi) is 6.16. The minimum atomic E-state index is -0.520. The molecule has 0 saturated heterocycles. The van der Waals surface area contributed by atoms with Gasteiger partial charge in [0, 0.05) is 10.8 Å². The molecule has 1 saturated carbocycles. The number of nitrogens with zero attached hydrogens (tertiary/aromatic N) is 1. The van der Waals surface area contributed by atoms with Crippen LogP contribution < -0.4 is 10.6 Å². The van der Waals surface area contributed by atoms with Crippen LogP contribution in [0.2, 0.25) is 0 Å². The number of hydrogen-bond acceptors (Lipinski definition) is 4. The molecule has 1 aromatic rings. The first kappa shape index (κ1) is 17.9. The number of anilines is 1. The molecule has 1 aliphatic rings. The van der Waals surface area contributed by atoms with E-state index in [9.17, 15) is 9.59 Å². The molecule has 5 nitrogen and oxygen atoms in total. The van der Waals surface area contributed by atoms with Gasteiger partial charge in [0.25, 0.3) is 0 Å². The highest BCUT2D eigenvalue weighted by Crippen LogP contribution is 2.25. The summed E-state index contributed by atoms with van der Waals surface area (Å²) >= 11 is 1.46. The molecule has 0 radical (unpaired) electrons. The quantitative estimate of drug-likeness (QED) is 0.865. The molecule has 1 atom stereocenters. The molecular formula is C17H27N3O2S. The smallest absolute Gasteiger partial charge is 0.248 e. The average Bonchev–Trinajstić information content (AvgIpc) is 2.82. The first-order valence-corrected chi connectivity index (χ1v) is 9.25. The van der Waals surface area contributed by atoms with E-state index in [-0.39, 0.29) is 23.7 Å². The Bertz CT molecular complexity index is 543. The fraction of sp³-hybridized carbons (Fsp3) is 0.706. The average molecular weight is 337 g/mol. The zero-order chi connectivity index (χ0) is 17.0. The highest BCUT2D eigenvalue weighted by atomic mass is 32.1. The Morgan fingerprint density at radius 2 is 1.83 bits per heavy atom. The van der Waals surface area contributed by atoms with Crippen LogP contribution in [0.3, 0.4) is 0 Å². The van der Waals surface area contributed by atoms with E-state index in [4.69, 9.17) is 0 Å². The van der Waals surface area contributed by atoms with E-state index >= 15 is 0 Å².